The van der Waals surface area contributed by atoms with E-state index in [1.54, 1.807) is 24.5 Å². The van der Waals surface area contributed by atoms with Crippen LogP contribution in [0.5, 0.6) is 0 Å². The summed E-state index contributed by atoms with van der Waals surface area (Å²) in [6.45, 7) is 0. The van der Waals surface area contributed by atoms with Crippen LogP contribution < -0.4 is 11.5 Å². The van der Waals surface area contributed by atoms with Crippen LogP contribution in [0.3, 0.4) is 0 Å². The summed E-state index contributed by atoms with van der Waals surface area (Å²) in [6, 6.07) is 3.33. The van der Waals surface area contributed by atoms with Crippen LogP contribution in [-0.4, -0.2) is 20.9 Å². The van der Waals surface area contributed by atoms with E-state index in [0.29, 0.717) is 11.4 Å². The molecule has 0 aliphatic rings. The summed E-state index contributed by atoms with van der Waals surface area (Å²) in [6.07, 6.45) is 4.63. The Labute approximate surface area is 91.4 Å². The van der Waals surface area contributed by atoms with Crippen LogP contribution in [0.2, 0.25) is 0 Å². The molecule has 0 fully saturated rings. The molecule has 6 nitrogen and oxygen atoms in total. The monoisotopic (exact) mass is 215 g/mol. The molecule has 0 aliphatic carbocycles. The van der Waals surface area contributed by atoms with E-state index in [9.17, 15) is 4.79 Å². The van der Waals surface area contributed by atoms with Crippen LogP contribution in [0, 0.1) is 0 Å². The largest absolute Gasteiger partial charge is 0.396 e. The van der Waals surface area contributed by atoms with E-state index in [-0.39, 0.29) is 11.4 Å². The minimum Gasteiger partial charge on any atom is -0.396 e. The third kappa shape index (κ3) is 1.68. The van der Waals surface area contributed by atoms with E-state index in [1.165, 1.54) is 6.20 Å². The van der Waals surface area contributed by atoms with Gasteiger partial charge < -0.3 is 11.5 Å². The van der Waals surface area contributed by atoms with E-state index in [4.69, 9.17) is 11.5 Å². The molecule has 0 saturated heterocycles. The molecule has 1 amide bonds. The first-order valence-electron chi connectivity index (χ1n) is 4.52. The molecule has 6 heteroatoms. The minimum atomic E-state index is -0.671. The molecular formula is C10H9N5O. The fourth-order valence-electron chi connectivity index (χ4n) is 1.30. The molecule has 0 spiro atoms. The zero-order valence-electron chi connectivity index (χ0n) is 8.29. The van der Waals surface area contributed by atoms with Crippen LogP contribution in [0.4, 0.5) is 5.69 Å². The van der Waals surface area contributed by atoms with Crippen molar-refractivity contribution in [1.82, 2.24) is 15.0 Å². The fourth-order valence-corrected chi connectivity index (χ4v) is 1.30. The van der Waals surface area contributed by atoms with E-state index in [1.807, 2.05) is 0 Å². The summed E-state index contributed by atoms with van der Waals surface area (Å²) in [5, 5.41) is 0. The number of carbonyl (C=O) groups is 1. The van der Waals surface area contributed by atoms with Gasteiger partial charge in [-0.3, -0.25) is 4.79 Å². The molecular weight excluding hydrogens is 206 g/mol. The second-order valence-electron chi connectivity index (χ2n) is 3.06. The maximum absolute atomic E-state index is 11.0. The van der Waals surface area contributed by atoms with Gasteiger partial charge in [-0.2, -0.15) is 0 Å². The van der Waals surface area contributed by atoms with Crippen molar-refractivity contribution in [1.29, 1.82) is 0 Å². The van der Waals surface area contributed by atoms with Crippen LogP contribution in [0.25, 0.3) is 11.4 Å². The maximum atomic E-state index is 11.0. The van der Waals surface area contributed by atoms with Crippen molar-refractivity contribution in [2.45, 2.75) is 0 Å². The number of hydrogen-bond acceptors (Lipinski definition) is 5. The van der Waals surface area contributed by atoms with Crippen LogP contribution in [0.15, 0.2) is 30.7 Å². The van der Waals surface area contributed by atoms with Crippen molar-refractivity contribution >= 4 is 11.6 Å². The lowest BCUT2D eigenvalue weighted by Crippen LogP contribution is -2.16. The van der Waals surface area contributed by atoms with Crippen molar-refractivity contribution in [3.8, 4) is 11.4 Å². The van der Waals surface area contributed by atoms with Crippen LogP contribution in [-0.2, 0) is 0 Å². The molecule has 2 rings (SSSR count). The third-order valence-electron chi connectivity index (χ3n) is 2.03. The van der Waals surface area contributed by atoms with Gasteiger partial charge in [-0.1, -0.05) is 0 Å². The van der Waals surface area contributed by atoms with Crippen molar-refractivity contribution in [2.24, 2.45) is 5.73 Å². The Balaban J connectivity index is 2.59. The molecule has 0 unspecified atom stereocenters. The summed E-state index contributed by atoms with van der Waals surface area (Å²) in [4.78, 5) is 22.9. The fraction of sp³-hybridized carbons (Fsp3) is 0. The predicted molar refractivity (Wildman–Crippen MR) is 58.2 cm³/mol. The quantitative estimate of drug-likeness (QED) is 0.744. The number of hydrogen-bond donors (Lipinski definition) is 2. The van der Waals surface area contributed by atoms with Crippen molar-refractivity contribution in [3.05, 3.63) is 36.4 Å². The van der Waals surface area contributed by atoms with Gasteiger partial charge in [0.25, 0.3) is 5.91 Å². The number of pyridine rings is 1. The summed E-state index contributed by atoms with van der Waals surface area (Å²) >= 11 is 0. The van der Waals surface area contributed by atoms with Gasteiger partial charge in [0.15, 0.2) is 11.5 Å². The van der Waals surface area contributed by atoms with Crippen molar-refractivity contribution < 1.29 is 4.79 Å². The first-order chi connectivity index (χ1) is 7.70. The molecule has 2 heterocycles. The van der Waals surface area contributed by atoms with Gasteiger partial charge in [-0.25, -0.2) is 15.0 Å². The average Bonchev–Trinajstić information content (AvgIpc) is 2.30. The SMILES string of the molecule is NC(=O)c1nccc(-c2ncccn2)c1N. The van der Waals surface area contributed by atoms with Gasteiger partial charge in [-0.05, 0) is 12.1 Å². The van der Waals surface area contributed by atoms with Crippen LogP contribution in [0.1, 0.15) is 10.5 Å². The zero-order chi connectivity index (χ0) is 11.5. The highest BCUT2D eigenvalue weighted by Crippen LogP contribution is 2.23. The van der Waals surface area contributed by atoms with E-state index in [2.05, 4.69) is 15.0 Å². The Kier molecular flexibility index (Phi) is 2.47. The number of nitrogens with two attached hydrogens (primary N) is 2. The first kappa shape index (κ1) is 10.0. The molecule has 0 atom stereocenters. The molecule has 4 N–H and O–H groups in total. The second kappa shape index (κ2) is 3.93. The molecule has 0 bridgehead atoms. The number of anilines is 1. The highest BCUT2D eigenvalue weighted by Gasteiger charge is 2.13. The second-order valence-corrected chi connectivity index (χ2v) is 3.06. The number of amides is 1. The average molecular weight is 215 g/mol. The van der Waals surface area contributed by atoms with E-state index >= 15 is 0 Å². The van der Waals surface area contributed by atoms with Crippen molar-refractivity contribution in [2.75, 3.05) is 5.73 Å². The number of primary amides is 1. The van der Waals surface area contributed by atoms with Gasteiger partial charge in [0.1, 0.15) is 0 Å². The molecule has 0 saturated carbocycles. The zero-order valence-corrected chi connectivity index (χ0v) is 8.29. The molecule has 2 aromatic heterocycles. The van der Waals surface area contributed by atoms with Gasteiger partial charge in [0.05, 0.1) is 5.69 Å². The van der Waals surface area contributed by atoms with E-state index in [0.717, 1.165) is 0 Å². The number of nitrogens with zero attached hydrogens (tertiary/aromatic N) is 3. The molecule has 0 radical (unpaired) electrons. The van der Waals surface area contributed by atoms with Crippen molar-refractivity contribution in [3.63, 3.8) is 0 Å². The highest BCUT2D eigenvalue weighted by atomic mass is 16.1. The predicted octanol–water partition coefficient (Wildman–Crippen LogP) is 0.220. The first-order valence-corrected chi connectivity index (χ1v) is 4.52. The Hall–Kier alpha value is -2.50. The molecule has 0 aromatic carbocycles. The number of rotatable bonds is 2. The van der Waals surface area contributed by atoms with Gasteiger partial charge in [-0.15, -0.1) is 0 Å². The summed E-state index contributed by atoms with van der Waals surface area (Å²) in [7, 11) is 0. The molecule has 2 aromatic rings. The maximum Gasteiger partial charge on any atom is 0.269 e. The molecule has 0 aliphatic heterocycles. The lowest BCUT2D eigenvalue weighted by atomic mass is 10.1. The van der Waals surface area contributed by atoms with Gasteiger partial charge in [0, 0.05) is 24.2 Å². The van der Waals surface area contributed by atoms with E-state index < -0.39 is 5.91 Å². The lowest BCUT2D eigenvalue weighted by molar-refractivity contribution is 0.0996. The lowest BCUT2D eigenvalue weighted by Gasteiger charge is -2.05. The number of nitrogen functional groups attached to an aromatic ring is 1. The summed E-state index contributed by atoms with van der Waals surface area (Å²) in [5.41, 5.74) is 11.7. The Morgan fingerprint density at radius 2 is 1.81 bits per heavy atom. The highest BCUT2D eigenvalue weighted by molar-refractivity contribution is 5.98. The number of carbonyl (C=O) groups excluding carboxylic acids is 1. The Morgan fingerprint density at radius 3 is 2.44 bits per heavy atom. The molecule has 16 heavy (non-hydrogen) atoms. The van der Waals surface area contributed by atoms with Crippen LogP contribution >= 0.6 is 0 Å². The molecule has 80 valence electrons. The Morgan fingerprint density at radius 1 is 1.12 bits per heavy atom. The summed E-state index contributed by atoms with van der Waals surface area (Å²) in [5.74, 6) is -0.236. The van der Waals surface area contributed by atoms with Gasteiger partial charge >= 0.3 is 0 Å². The number of aromatic nitrogens is 3. The smallest absolute Gasteiger partial charge is 0.269 e. The Bertz CT molecular complexity index is 526. The van der Waals surface area contributed by atoms with Gasteiger partial charge in [0.2, 0.25) is 0 Å². The minimum absolute atomic E-state index is 0.0324. The topological polar surface area (TPSA) is 108 Å². The summed E-state index contributed by atoms with van der Waals surface area (Å²) < 4.78 is 0. The normalized spacial score (nSPS) is 10.0. The standard InChI is InChI=1S/C10H9N5O/c11-7-6(10-14-3-1-4-15-10)2-5-13-8(7)9(12)16/h1-5H,11H2,(H2,12,16). The third-order valence-corrected chi connectivity index (χ3v) is 2.03.